The highest BCUT2D eigenvalue weighted by Gasteiger charge is 2.35. The first-order valence-corrected chi connectivity index (χ1v) is 15.2. The SMILES string of the molecule is COc1ccc(Br)cc1[C@H]1C(C(=O)OC(C)C)=C(C)N=c2s/c(=C\c3ccccc3OCc3ccc(Cl)cc3)c(=O)n21. The van der Waals surface area contributed by atoms with E-state index in [1.54, 1.807) is 44.6 Å². The molecule has 1 aliphatic heterocycles. The van der Waals surface area contributed by atoms with Crippen molar-refractivity contribution in [2.24, 2.45) is 4.99 Å². The number of carbonyl (C=O) groups is 1. The van der Waals surface area contributed by atoms with E-state index >= 15 is 0 Å². The first kappa shape index (κ1) is 29.8. The number of esters is 1. The van der Waals surface area contributed by atoms with Crippen LogP contribution in [-0.4, -0.2) is 23.8 Å². The first-order chi connectivity index (χ1) is 20.2. The summed E-state index contributed by atoms with van der Waals surface area (Å²) in [7, 11) is 1.56. The zero-order chi connectivity index (χ0) is 30.0. The van der Waals surface area contributed by atoms with Gasteiger partial charge in [0.05, 0.1) is 29.0 Å². The van der Waals surface area contributed by atoms with E-state index < -0.39 is 12.0 Å². The van der Waals surface area contributed by atoms with E-state index in [0.29, 0.717) is 43.7 Å². The lowest BCUT2D eigenvalue weighted by Crippen LogP contribution is -2.40. The molecule has 4 aromatic rings. The number of carbonyl (C=O) groups excluding carboxylic acids is 1. The molecular formula is C32H28BrClN2O5S. The summed E-state index contributed by atoms with van der Waals surface area (Å²) in [4.78, 5) is 32.7. The van der Waals surface area contributed by atoms with Gasteiger partial charge in [0, 0.05) is 20.6 Å². The molecule has 5 rings (SSSR count). The number of methoxy groups -OCH3 is 1. The zero-order valence-corrected chi connectivity index (χ0v) is 26.5. The third-order valence-corrected chi connectivity index (χ3v) is 8.31. The van der Waals surface area contributed by atoms with Gasteiger partial charge < -0.3 is 14.2 Å². The molecule has 0 spiro atoms. The number of fused-ring (bicyclic) bond motifs is 1. The Hall–Kier alpha value is -3.66. The topological polar surface area (TPSA) is 79.1 Å². The lowest BCUT2D eigenvalue weighted by molar-refractivity contribution is -0.143. The molecule has 1 aliphatic rings. The van der Waals surface area contributed by atoms with E-state index in [0.717, 1.165) is 15.6 Å². The number of halogens is 2. The van der Waals surface area contributed by atoms with Gasteiger partial charge in [-0.05, 0) is 68.8 Å². The number of allylic oxidation sites excluding steroid dienone is 1. The van der Waals surface area contributed by atoms with Crippen LogP contribution >= 0.6 is 38.9 Å². The third kappa shape index (κ3) is 6.23. The van der Waals surface area contributed by atoms with Gasteiger partial charge in [-0.1, -0.05) is 69.2 Å². The molecule has 0 fully saturated rings. The van der Waals surface area contributed by atoms with Crippen LogP contribution in [0, 0.1) is 0 Å². The van der Waals surface area contributed by atoms with E-state index in [4.69, 9.17) is 25.8 Å². The smallest absolute Gasteiger partial charge is 0.338 e. The summed E-state index contributed by atoms with van der Waals surface area (Å²) in [6.45, 7) is 5.66. The minimum absolute atomic E-state index is 0.283. The number of nitrogens with zero attached hydrogens (tertiary/aromatic N) is 2. The normalized spacial score (nSPS) is 14.9. The molecule has 0 aliphatic carbocycles. The Kier molecular flexibility index (Phi) is 9.01. The monoisotopic (exact) mass is 666 g/mol. The van der Waals surface area contributed by atoms with Crippen LogP contribution in [0.15, 0.2) is 92.3 Å². The van der Waals surface area contributed by atoms with E-state index in [-0.39, 0.29) is 17.2 Å². The highest BCUT2D eigenvalue weighted by atomic mass is 79.9. The maximum absolute atomic E-state index is 14.1. The molecule has 3 aromatic carbocycles. The predicted molar refractivity (Wildman–Crippen MR) is 168 cm³/mol. The Morgan fingerprint density at radius 1 is 1.12 bits per heavy atom. The van der Waals surface area contributed by atoms with Crippen LogP contribution in [0.5, 0.6) is 11.5 Å². The first-order valence-electron chi connectivity index (χ1n) is 13.2. The summed E-state index contributed by atoms with van der Waals surface area (Å²) in [5, 5.41) is 0.657. The molecular weight excluding hydrogens is 640 g/mol. The van der Waals surface area contributed by atoms with Gasteiger partial charge in [-0.25, -0.2) is 9.79 Å². The van der Waals surface area contributed by atoms with Gasteiger partial charge in [-0.2, -0.15) is 0 Å². The van der Waals surface area contributed by atoms with Crippen LogP contribution in [-0.2, 0) is 16.1 Å². The number of hydrogen-bond donors (Lipinski definition) is 0. The number of benzene rings is 3. The van der Waals surface area contributed by atoms with Crippen molar-refractivity contribution in [1.29, 1.82) is 0 Å². The van der Waals surface area contributed by atoms with Crippen molar-refractivity contribution >= 4 is 50.9 Å². The van der Waals surface area contributed by atoms with Gasteiger partial charge in [0.1, 0.15) is 24.1 Å². The molecule has 7 nitrogen and oxygen atoms in total. The van der Waals surface area contributed by atoms with Crippen LogP contribution in [0.4, 0.5) is 0 Å². The van der Waals surface area contributed by atoms with Crippen molar-refractivity contribution in [3.63, 3.8) is 0 Å². The van der Waals surface area contributed by atoms with Crippen molar-refractivity contribution in [3.8, 4) is 11.5 Å². The van der Waals surface area contributed by atoms with Crippen LogP contribution in [0.2, 0.25) is 5.02 Å². The molecule has 0 bridgehead atoms. The molecule has 0 saturated heterocycles. The molecule has 0 unspecified atom stereocenters. The average molecular weight is 668 g/mol. The minimum Gasteiger partial charge on any atom is -0.496 e. The van der Waals surface area contributed by atoms with E-state index in [9.17, 15) is 9.59 Å². The van der Waals surface area contributed by atoms with Gasteiger partial charge in [-0.15, -0.1) is 0 Å². The van der Waals surface area contributed by atoms with Crippen molar-refractivity contribution in [2.45, 2.75) is 39.5 Å². The number of rotatable bonds is 8. The maximum atomic E-state index is 14.1. The van der Waals surface area contributed by atoms with Crippen LogP contribution < -0.4 is 24.4 Å². The summed E-state index contributed by atoms with van der Waals surface area (Å²) in [6.07, 6.45) is 1.44. The minimum atomic E-state index is -0.807. The molecule has 0 saturated carbocycles. The van der Waals surface area contributed by atoms with Crippen LogP contribution in [0.1, 0.15) is 43.5 Å². The second-order valence-corrected chi connectivity index (χ2v) is 12.2. The highest BCUT2D eigenvalue weighted by molar-refractivity contribution is 9.10. The fourth-order valence-corrected chi connectivity index (χ4v) is 6.23. The Balaban J connectivity index is 1.63. The standard InChI is InChI=1S/C32H28BrClN2O5S/c1-18(2)41-31(38)28-19(3)35-32-36(29(28)24-16-22(33)11-14-26(24)39-4)30(37)27(42-32)15-21-7-5-6-8-25(21)40-17-20-9-12-23(34)13-10-20/h5-16,18,29H,17H2,1-4H3/b27-15-/t29-/m0/s1. The second-order valence-electron chi connectivity index (χ2n) is 9.88. The number of hydrogen-bond acceptors (Lipinski definition) is 7. The molecule has 0 radical (unpaired) electrons. The van der Waals surface area contributed by atoms with Crippen molar-refractivity contribution in [2.75, 3.05) is 7.11 Å². The fraction of sp³-hybridized carbons (Fsp3) is 0.219. The van der Waals surface area contributed by atoms with Crippen LogP contribution in [0.25, 0.3) is 6.08 Å². The summed E-state index contributed by atoms with van der Waals surface area (Å²) in [5.74, 6) is 0.623. The highest BCUT2D eigenvalue weighted by Crippen LogP contribution is 2.37. The lowest BCUT2D eigenvalue weighted by atomic mass is 9.95. The van der Waals surface area contributed by atoms with Crippen molar-refractivity contribution in [3.05, 3.63) is 124 Å². The van der Waals surface area contributed by atoms with Crippen molar-refractivity contribution < 1.29 is 19.0 Å². The van der Waals surface area contributed by atoms with Gasteiger partial charge in [0.2, 0.25) is 0 Å². The van der Waals surface area contributed by atoms with Crippen molar-refractivity contribution in [1.82, 2.24) is 4.57 Å². The molecule has 216 valence electrons. The second kappa shape index (κ2) is 12.7. The molecule has 1 aromatic heterocycles. The Morgan fingerprint density at radius 2 is 1.86 bits per heavy atom. The molecule has 2 heterocycles. The summed E-state index contributed by atoms with van der Waals surface area (Å²) < 4.78 is 20.2. The lowest BCUT2D eigenvalue weighted by Gasteiger charge is -2.26. The molecule has 0 amide bonds. The average Bonchev–Trinajstić information content (AvgIpc) is 3.26. The van der Waals surface area contributed by atoms with Gasteiger partial charge in [0.15, 0.2) is 4.80 Å². The number of aromatic nitrogens is 1. The summed E-state index contributed by atoms with van der Waals surface area (Å²) in [5.41, 5.74) is 2.81. The van der Waals surface area contributed by atoms with E-state index in [1.807, 2.05) is 60.7 Å². The largest absolute Gasteiger partial charge is 0.496 e. The van der Waals surface area contributed by atoms with Crippen LogP contribution in [0.3, 0.4) is 0 Å². The van der Waals surface area contributed by atoms with Gasteiger partial charge in [-0.3, -0.25) is 9.36 Å². The summed E-state index contributed by atoms with van der Waals surface area (Å²) in [6, 6.07) is 19.6. The Morgan fingerprint density at radius 3 is 2.57 bits per heavy atom. The number of thiazole rings is 1. The molecule has 0 N–H and O–H groups in total. The zero-order valence-electron chi connectivity index (χ0n) is 23.4. The predicted octanol–water partition coefficient (Wildman–Crippen LogP) is 6.19. The third-order valence-electron chi connectivity index (χ3n) is 6.58. The Labute approximate surface area is 260 Å². The van der Waals surface area contributed by atoms with Gasteiger partial charge in [0.25, 0.3) is 5.56 Å². The quantitative estimate of drug-likeness (QED) is 0.210. The molecule has 1 atom stereocenters. The fourth-order valence-electron chi connectivity index (χ4n) is 4.69. The summed E-state index contributed by atoms with van der Waals surface area (Å²) >= 11 is 10.8. The van der Waals surface area contributed by atoms with Gasteiger partial charge >= 0.3 is 5.97 Å². The number of ether oxygens (including phenoxy) is 3. The Bertz CT molecular complexity index is 1860. The van der Waals surface area contributed by atoms with E-state index in [1.165, 1.54) is 11.3 Å². The van der Waals surface area contributed by atoms with E-state index in [2.05, 4.69) is 20.9 Å². The molecule has 10 heteroatoms. The molecule has 42 heavy (non-hydrogen) atoms. The number of para-hydroxylation sites is 1. The maximum Gasteiger partial charge on any atom is 0.338 e.